The van der Waals surface area contributed by atoms with Crippen molar-refractivity contribution in [2.45, 2.75) is 20.3 Å². The van der Waals surface area contributed by atoms with Gasteiger partial charge in [0.05, 0.1) is 0 Å². The van der Waals surface area contributed by atoms with Gasteiger partial charge in [0.2, 0.25) is 0 Å². The average Bonchev–Trinajstić information content (AvgIpc) is 1.96. The monoisotopic (exact) mass is 184 g/mol. The van der Waals surface area contributed by atoms with Gasteiger partial charge in [-0.3, -0.25) is 0 Å². The molecule has 0 unspecified atom stereocenters. The topological polar surface area (TPSA) is 48.9 Å². The summed E-state index contributed by atoms with van der Waals surface area (Å²) in [5, 5.41) is 8.77. The molecule has 4 heteroatoms. The second kappa shape index (κ2) is 3.78. The Morgan fingerprint density at radius 1 is 1.50 bits per heavy atom. The van der Waals surface area contributed by atoms with E-state index >= 15 is 0 Å². The Morgan fingerprint density at radius 2 is 2.17 bits per heavy atom. The standard InChI is InChI=1S/C8H12N2OS/c1-5-7(3-4-11)6(2)10-8(12)9-5/h11H,3-4H2,1-2H3,(H,9,10,12). The van der Waals surface area contributed by atoms with E-state index in [0.29, 0.717) is 11.2 Å². The number of H-pyrrole nitrogens is 1. The SMILES string of the molecule is Cc1nc(=S)[nH]c(C)c1CCO. The van der Waals surface area contributed by atoms with Gasteiger partial charge in [-0.05, 0) is 38.0 Å². The van der Waals surface area contributed by atoms with E-state index in [4.69, 9.17) is 17.3 Å². The molecule has 0 aromatic carbocycles. The number of aromatic nitrogens is 2. The van der Waals surface area contributed by atoms with Gasteiger partial charge in [0, 0.05) is 18.0 Å². The molecule has 0 fully saturated rings. The summed E-state index contributed by atoms with van der Waals surface area (Å²) in [6.07, 6.45) is 0.636. The molecule has 1 rings (SSSR count). The van der Waals surface area contributed by atoms with Crippen molar-refractivity contribution in [3.8, 4) is 0 Å². The maximum Gasteiger partial charge on any atom is 0.197 e. The van der Waals surface area contributed by atoms with Gasteiger partial charge in [-0.1, -0.05) is 0 Å². The average molecular weight is 184 g/mol. The summed E-state index contributed by atoms with van der Waals surface area (Å²) in [7, 11) is 0. The first-order valence-electron chi connectivity index (χ1n) is 3.82. The van der Waals surface area contributed by atoms with Crippen molar-refractivity contribution in [1.82, 2.24) is 9.97 Å². The molecule has 1 heterocycles. The fourth-order valence-corrected chi connectivity index (χ4v) is 1.53. The Labute approximate surface area is 76.5 Å². The molecule has 0 spiro atoms. The van der Waals surface area contributed by atoms with Crippen LogP contribution in [-0.2, 0) is 6.42 Å². The second-order valence-electron chi connectivity index (χ2n) is 2.70. The molecule has 0 atom stereocenters. The summed E-state index contributed by atoms with van der Waals surface area (Å²) in [4.78, 5) is 7.06. The van der Waals surface area contributed by atoms with Crippen molar-refractivity contribution in [2.75, 3.05) is 6.61 Å². The predicted octanol–water partition coefficient (Wildman–Crippen LogP) is 1.29. The molecule has 0 aliphatic rings. The number of aryl methyl sites for hydroxylation is 2. The zero-order valence-corrected chi connectivity index (χ0v) is 8.03. The van der Waals surface area contributed by atoms with Gasteiger partial charge < -0.3 is 10.1 Å². The Kier molecular flexibility index (Phi) is 2.94. The number of nitrogens with zero attached hydrogens (tertiary/aromatic N) is 1. The van der Waals surface area contributed by atoms with Crippen molar-refractivity contribution in [3.05, 3.63) is 21.7 Å². The highest BCUT2D eigenvalue weighted by molar-refractivity contribution is 7.71. The molecule has 0 bridgehead atoms. The van der Waals surface area contributed by atoms with Crippen molar-refractivity contribution >= 4 is 12.2 Å². The predicted molar refractivity (Wildman–Crippen MR) is 49.7 cm³/mol. The molecule has 66 valence electrons. The molecule has 0 amide bonds. The smallest absolute Gasteiger partial charge is 0.197 e. The van der Waals surface area contributed by atoms with E-state index in [1.807, 2.05) is 13.8 Å². The molecule has 2 N–H and O–H groups in total. The maximum absolute atomic E-state index is 8.77. The highest BCUT2D eigenvalue weighted by atomic mass is 32.1. The zero-order chi connectivity index (χ0) is 9.14. The molecule has 1 aromatic heterocycles. The Bertz CT molecular complexity index is 306. The van der Waals surface area contributed by atoms with Gasteiger partial charge in [-0.25, -0.2) is 4.98 Å². The third-order valence-electron chi connectivity index (χ3n) is 1.81. The van der Waals surface area contributed by atoms with E-state index in [-0.39, 0.29) is 6.61 Å². The molecule has 1 aromatic rings. The normalized spacial score (nSPS) is 10.2. The van der Waals surface area contributed by atoms with E-state index in [1.54, 1.807) is 0 Å². The van der Waals surface area contributed by atoms with Crippen LogP contribution in [0.1, 0.15) is 17.0 Å². The number of aliphatic hydroxyl groups is 1. The number of hydrogen-bond acceptors (Lipinski definition) is 3. The molecule has 0 aliphatic heterocycles. The number of rotatable bonds is 2. The van der Waals surface area contributed by atoms with Gasteiger partial charge in [-0.2, -0.15) is 0 Å². The van der Waals surface area contributed by atoms with Crippen molar-refractivity contribution in [3.63, 3.8) is 0 Å². The fraction of sp³-hybridized carbons (Fsp3) is 0.500. The number of aromatic amines is 1. The summed E-state index contributed by atoms with van der Waals surface area (Å²) < 4.78 is 0.506. The van der Waals surface area contributed by atoms with E-state index < -0.39 is 0 Å². The summed E-state index contributed by atoms with van der Waals surface area (Å²) in [5.41, 5.74) is 2.97. The summed E-state index contributed by atoms with van der Waals surface area (Å²) in [5.74, 6) is 0. The lowest BCUT2D eigenvalue weighted by atomic mass is 10.1. The Balaban J connectivity index is 3.18. The van der Waals surface area contributed by atoms with Gasteiger partial charge in [-0.15, -0.1) is 0 Å². The molecule has 0 saturated heterocycles. The lowest BCUT2D eigenvalue weighted by Crippen LogP contribution is -2.02. The summed E-state index contributed by atoms with van der Waals surface area (Å²) in [6.45, 7) is 3.99. The first-order valence-corrected chi connectivity index (χ1v) is 4.23. The van der Waals surface area contributed by atoms with Crippen LogP contribution < -0.4 is 0 Å². The second-order valence-corrected chi connectivity index (χ2v) is 3.09. The maximum atomic E-state index is 8.77. The minimum atomic E-state index is 0.147. The van der Waals surface area contributed by atoms with Crippen LogP contribution in [0, 0.1) is 18.6 Å². The van der Waals surface area contributed by atoms with Crippen LogP contribution in [0.3, 0.4) is 0 Å². The van der Waals surface area contributed by atoms with Crippen LogP contribution in [0.15, 0.2) is 0 Å². The largest absolute Gasteiger partial charge is 0.396 e. The number of nitrogens with one attached hydrogen (secondary N) is 1. The van der Waals surface area contributed by atoms with Crippen molar-refractivity contribution < 1.29 is 5.11 Å². The first-order chi connectivity index (χ1) is 5.65. The van der Waals surface area contributed by atoms with Gasteiger partial charge in [0.25, 0.3) is 0 Å². The molecular formula is C8H12N2OS. The number of hydrogen-bond donors (Lipinski definition) is 2. The molecule has 0 aliphatic carbocycles. The van der Waals surface area contributed by atoms with Gasteiger partial charge in [0.1, 0.15) is 0 Å². The van der Waals surface area contributed by atoms with Crippen LogP contribution >= 0.6 is 12.2 Å². The molecule has 12 heavy (non-hydrogen) atoms. The van der Waals surface area contributed by atoms with Crippen LogP contribution in [0.25, 0.3) is 0 Å². The highest BCUT2D eigenvalue weighted by Gasteiger charge is 2.02. The molecular weight excluding hydrogens is 172 g/mol. The third kappa shape index (κ3) is 1.89. The summed E-state index contributed by atoms with van der Waals surface area (Å²) in [6, 6.07) is 0. The van der Waals surface area contributed by atoms with Crippen LogP contribution in [0.2, 0.25) is 0 Å². The Morgan fingerprint density at radius 3 is 2.67 bits per heavy atom. The van der Waals surface area contributed by atoms with E-state index in [1.165, 1.54) is 0 Å². The molecule has 0 saturated carbocycles. The van der Waals surface area contributed by atoms with Crippen molar-refractivity contribution in [1.29, 1.82) is 0 Å². The minimum Gasteiger partial charge on any atom is -0.396 e. The van der Waals surface area contributed by atoms with E-state index in [2.05, 4.69) is 9.97 Å². The fourth-order valence-electron chi connectivity index (χ4n) is 1.24. The lowest BCUT2D eigenvalue weighted by Gasteiger charge is -2.06. The van der Waals surface area contributed by atoms with E-state index in [9.17, 15) is 0 Å². The minimum absolute atomic E-state index is 0.147. The molecule has 0 radical (unpaired) electrons. The summed E-state index contributed by atoms with van der Waals surface area (Å²) >= 11 is 4.90. The van der Waals surface area contributed by atoms with Crippen LogP contribution in [0.4, 0.5) is 0 Å². The van der Waals surface area contributed by atoms with Gasteiger partial charge in [0.15, 0.2) is 4.77 Å². The quantitative estimate of drug-likeness (QED) is 0.681. The van der Waals surface area contributed by atoms with Crippen molar-refractivity contribution in [2.24, 2.45) is 0 Å². The first kappa shape index (κ1) is 9.35. The highest BCUT2D eigenvalue weighted by Crippen LogP contribution is 2.08. The van der Waals surface area contributed by atoms with Crippen LogP contribution in [0.5, 0.6) is 0 Å². The third-order valence-corrected chi connectivity index (χ3v) is 2.01. The van der Waals surface area contributed by atoms with Gasteiger partial charge >= 0.3 is 0 Å². The van der Waals surface area contributed by atoms with Crippen LogP contribution in [-0.4, -0.2) is 21.7 Å². The Hall–Kier alpha value is -0.740. The van der Waals surface area contributed by atoms with E-state index in [0.717, 1.165) is 17.0 Å². The molecule has 3 nitrogen and oxygen atoms in total. The number of aliphatic hydroxyl groups excluding tert-OH is 1. The zero-order valence-electron chi connectivity index (χ0n) is 7.22. The lowest BCUT2D eigenvalue weighted by molar-refractivity contribution is 0.298.